The van der Waals surface area contributed by atoms with Crippen LogP contribution in [-0.2, 0) is 11.2 Å². The lowest BCUT2D eigenvalue weighted by molar-refractivity contribution is -0.137. The Bertz CT molecular complexity index is 698. The topological polar surface area (TPSA) is 57.6 Å². The fourth-order valence-corrected chi connectivity index (χ4v) is 2.50. The molecule has 0 fully saturated rings. The van der Waals surface area contributed by atoms with Crippen LogP contribution in [0.3, 0.4) is 0 Å². The van der Waals surface area contributed by atoms with E-state index in [1.165, 1.54) is 0 Å². The van der Waals surface area contributed by atoms with Gasteiger partial charge in [-0.1, -0.05) is 29.8 Å². The van der Waals surface area contributed by atoms with Crippen LogP contribution in [0.4, 0.5) is 5.69 Å². The number of amides is 1. The van der Waals surface area contributed by atoms with Crippen LogP contribution in [0.1, 0.15) is 28.8 Å². The van der Waals surface area contributed by atoms with Crippen LogP contribution in [0.5, 0.6) is 0 Å². The first kappa shape index (κ1) is 17.0. The predicted molar refractivity (Wildman–Crippen MR) is 91.2 cm³/mol. The van der Waals surface area contributed by atoms with E-state index in [9.17, 15) is 9.59 Å². The van der Waals surface area contributed by atoms with Crippen LogP contribution >= 0.6 is 11.6 Å². The normalized spacial score (nSPS) is 10.3. The van der Waals surface area contributed by atoms with E-state index in [-0.39, 0.29) is 12.3 Å². The molecule has 0 aliphatic heterocycles. The highest BCUT2D eigenvalue weighted by atomic mass is 35.5. The van der Waals surface area contributed by atoms with Crippen molar-refractivity contribution >= 4 is 29.2 Å². The second-order valence-electron chi connectivity index (χ2n) is 5.25. The second kappa shape index (κ2) is 7.79. The molecule has 2 aromatic carbocycles. The van der Waals surface area contributed by atoms with E-state index in [4.69, 9.17) is 16.7 Å². The molecule has 0 radical (unpaired) electrons. The molecule has 0 aliphatic carbocycles. The zero-order valence-corrected chi connectivity index (χ0v) is 13.6. The summed E-state index contributed by atoms with van der Waals surface area (Å²) < 4.78 is 0. The molecule has 0 aromatic heterocycles. The summed E-state index contributed by atoms with van der Waals surface area (Å²) >= 11 is 5.85. The van der Waals surface area contributed by atoms with Crippen molar-refractivity contribution in [2.45, 2.75) is 19.3 Å². The van der Waals surface area contributed by atoms with E-state index in [1.807, 2.05) is 24.3 Å². The maximum Gasteiger partial charge on any atom is 0.303 e. The molecule has 1 amide bonds. The number of hydrogen-bond donors (Lipinski definition) is 1. The van der Waals surface area contributed by atoms with Crippen molar-refractivity contribution in [2.24, 2.45) is 0 Å². The number of aryl methyl sites for hydroxylation is 1. The van der Waals surface area contributed by atoms with E-state index in [0.29, 0.717) is 23.4 Å². The average Bonchev–Trinajstić information content (AvgIpc) is 2.54. The summed E-state index contributed by atoms with van der Waals surface area (Å²) in [5.74, 6) is -0.944. The zero-order valence-electron chi connectivity index (χ0n) is 12.8. The van der Waals surface area contributed by atoms with Gasteiger partial charge in [0.25, 0.3) is 5.91 Å². The zero-order chi connectivity index (χ0) is 16.8. The largest absolute Gasteiger partial charge is 0.481 e. The number of hydrogen-bond acceptors (Lipinski definition) is 2. The van der Waals surface area contributed by atoms with Crippen LogP contribution in [0.2, 0.25) is 5.02 Å². The highest BCUT2D eigenvalue weighted by molar-refractivity contribution is 6.30. The molecule has 0 atom stereocenters. The van der Waals surface area contributed by atoms with E-state index >= 15 is 0 Å². The smallest absolute Gasteiger partial charge is 0.303 e. The van der Waals surface area contributed by atoms with Gasteiger partial charge in [0.15, 0.2) is 0 Å². The van der Waals surface area contributed by atoms with E-state index in [2.05, 4.69) is 0 Å². The van der Waals surface area contributed by atoms with Gasteiger partial charge >= 0.3 is 5.97 Å². The lowest BCUT2D eigenvalue weighted by Gasteiger charge is -2.21. The lowest BCUT2D eigenvalue weighted by atomic mass is 10.0. The van der Waals surface area contributed by atoms with E-state index < -0.39 is 5.97 Å². The Balaban J connectivity index is 2.18. The van der Waals surface area contributed by atoms with Gasteiger partial charge in [-0.2, -0.15) is 0 Å². The van der Waals surface area contributed by atoms with Crippen LogP contribution < -0.4 is 4.90 Å². The van der Waals surface area contributed by atoms with Gasteiger partial charge < -0.3 is 10.0 Å². The fraction of sp³-hybridized carbons (Fsp3) is 0.222. The fourth-order valence-electron chi connectivity index (χ4n) is 2.38. The molecule has 5 heteroatoms. The summed E-state index contributed by atoms with van der Waals surface area (Å²) in [7, 11) is 1.72. The monoisotopic (exact) mass is 331 g/mol. The minimum atomic E-state index is -0.812. The molecule has 0 heterocycles. The number of carboxylic acid groups (broad SMARTS) is 1. The first-order valence-corrected chi connectivity index (χ1v) is 7.70. The van der Waals surface area contributed by atoms with Crippen LogP contribution in [0.15, 0.2) is 48.5 Å². The Morgan fingerprint density at radius 2 is 1.74 bits per heavy atom. The second-order valence-corrected chi connectivity index (χ2v) is 5.68. The van der Waals surface area contributed by atoms with Gasteiger partial charge in [0, 0.05) is 29.7 Å². The van der Waals surface area contributed by atoms with Crippen molar-refractivity contribution in [3.05, 3.63) is 64.7 Å². The molecule has 23 heavy (non-hydrogen) atoms. The minimum absolute atomic E-state index is 0.114. The van der Waals surface area contributed by atoms with E-state index in [1.54, 1.807) is 36.2 Å². The van der Waals surface area contributed by atoms with Crippen molar-refractivity contribution in [3.8, 4) is 0 Å². The Kier molecular flexibility index (Phi) is 5.77. The molecule has 0 bridgehead atoms. The van der Waals surface area contributed by atoms with Crippen molar-refractivity contribution in [1.82, 2.24) is 0 Å². The number of aliphatic carboxylic acids is 1. The quantitative estimate of drug-likeness (QED) is 0.869. The number of carbonyl (C=O) groups is 2. The summed E-state index contributed by atoms with van der Waals surface area (Å²) in [4.78, 5) is 24.8. The first-order valence-electron chi connectivity index (χ1n) is 7.32. The number of rotatable bonds is 6. The lowest BCUT2D eigenvalue weighted by Crippen LogP contribution is -2.27. The number of anilines is 1. The number of para-hydroxylation sites is 1. The minimum Gasteiger partial charge on any atom is -0.481 e. The van der Waals surface area contributed by atoms with Gasteiger partial charge in [-0.15, -0.1) is 0 Å². The van der Waals surface area contributed by atoms with Gasteiger partial charge in [0.05, 0.1) is 0 Å². The van der Waals surface area contributed by atoms with Gasteiger partial charge in [0.1, 0.15) is 0 Å². The summed E-state index contributed by atoms with van der Waals surface area (Å²) in [6.45, 7) is 0. The molecule has 2 rings (SSSR count). The molecule has 0 spiro atoms. The molecule has 0 unspecified atom stereocenters. The van der Waals surface area contributed by atoms with Gasteiger partial charge in [-0.3, -0.25) is 9.59 Å². The maximum absolute atomic E-state index is 12.6. The summed E-state index contributed by atoms with van der Waals surface area (Å²) in [6, 6.07) is 14.3. The number of nitrogens with zero attached hydrogens (tertiary/aromatic N) is 1. The summed E-state index contributed by atoms with van der Waals surface area (Å²) in [5.41, 5.74) is 2.30. The van der Waals surface area contributed by atoms with Crippen molar-refractivity contribution < 1.29 is 14.7 Å². The SMILES string of the molecule is CN(C(=O)c1ccc(Cl)cc1)c1ccccc1CCCC(=O)O. The summed E-state index contributed by atoms with van der Waals surface area (Å²) in [5, 5.41) is 9.34. The molecule has 1 N–H and O–H groups in total. The molecule has 0 saturated carbocycles. The Morgan fingerprint density at radius 1 is 1.09 bits per heavy atom. The predicted octanol–water partition coefficient (Wildman–Crippen LogP) is 4.02. The van der Waals surface area contributed by atoms with Crippen LogP contribution in [0, 0.1) is 0 Å². The van der Waals surface area contributed by atoms with Crippen LogP contribution in [0.25, 0.3) is 0 Å². The Labute approximate surface area is 140 Å². The van der Waals surface area contributed by atoms with Crippen molar-refractivity contribution in [1.29, 1.82) is 0 Å². The molecular weight excluding hydrogens is 314 g/mol. The van der Waals surface area contributed by atoms with Crippen molar-refractivity contribution in [2.75, 3.05) is 11.9 Å². The van der Waals surface area contributed by atoms with E-state index in [0.717, 1.165) is 11.3 Å². The molecule has 2 aromatic rings. The Morgan fingerprint density at radius 3 is 2.39 bits per heavy atom. The molecule has 4 nitrogen and oxygen atoms in total. The number of halogens is 1. The molecule has 120 valence electrons. The molecule has 0 saturated heterocycles. The number of benzene rings is 2. The Hall–Kier alpha value is -2.33. The first-order chi connectivity index (χ1) is 11.0. The highest BCUT2D eigenvalue weighted by Crippen LogP contribution is 2.23. The third-order valence-electron chi connectivity index (χ3n) is 3.59. The molecular formula is C18H18ClNO3. The van der Waals surface area contributed by atoms with Gasteiger partial charge in [-0.05, 0) is 48.7 Å². The number of carbonyl (C=O) groups excluding carboxylic acids is 1. The molecule has 0 aliphatic rings. The maximum atomic E-state index is 12.6. The third kappa shape index (κ3) is 4.57. The number of carboxylic acids is 1. The standard InChI is InChI=1S/C18H18ClNO3/c1-20(18(23)14-9-11-15(19)12-10-14)16-7-3-2-5-13(16)6-4-8-17(21)22/h2-3,5,7,9-12H,4,6,8H2,1H3,(H,21,22). The summed E-state index contributed by atoms with van der Waals surface area (Å²) in [6.07, 6.45) is 1.26. The van der Waals surface area contributed by atoms with Gasteiger partial charge in [-0.25, -0.2) is 0 Å². The average molecular weight is 332 g/mol. The highest BCUT2D eigenvalue weighted by Gasteiger charge is 2.16. The third-order valence-corrected chi connectivity index (χ3v) is 3.84. The van der Waals surface area contributed by atoms with Crippen molar-refractivity contribution in [3.63, 3.8) is 0 Å². The van der Waals surface area contributed by atoms with Crippen LogP contribution in [-0.4, -0.2) is 24.0 Å². The van der Waals surface area contributed by atoms with Gasteiger partial charge in [0.2, 0.25) is 0 Å².